The molecule has 29 heavy (non-hydrogen) atoms. The molecule has 7 nitrogen and oxygen atoms in total. The van der Waals surface area contributed by atoms with Gasteiger partial charge in [-0.1, -0.05) is 19.4 Å². The van der Waals surface area contributed by atoms with E-state index >= 15 is 0 Å². The van der Waals surface area contributed by atoms with Crippen molar-refractivity contribution in [1.82, 2.24) is 19.6 Å². The summed E-state index contributed by atoms with van der Waals surface area (Å²) in [6.07, 6.45) is 3.96. The molecule has 0 atom stereocenters. The van der Waals surface area contributed by atoms with Crippen molar-refractivity contribution in [3.05, 3.63) is 64.2 Å². The van der Waals surface area contributed by atoms with E-state index < -0.39 is 0 Å². The van der Waals surface area contributed by atoms with E-state index in [2.05, 4.69) is 23.1 Å². The van der Waals surface area contributed by atoms with Crippen molar-refractivity contribution >= 4 is 5.65 Å². The molecule has 5 rings (SSSR count). The molecule has 0 fully saturated rings. The lowest BCUT2D eigenvalue weighted by Gasteiger charge is -2.05. The number of pyridine rings is 1. The van der Waals surface area contributed by atoms with Crippen LogP contribution in [0.2, 0.25) is 0 Å². The van der Waals surface area contributed by atoms with Crippen LogP contribution in [0, 0.1) is 6.92 Å². The molecule has 1 N–H and O–H groups in total. The number of hydrogen-bond acceptors (Lipinski definition) is 5. The lowest BCUT2D eigenvalue weighted by molar-refractivity contribution is 0.174. The Morgan fingerprint density at radius 2 is 1.97 bits per heavy atom. The van der Waals surface area contributed by atoms with Gasteiger partial charge in [-0.15, -0.1) is 0 Å². The summed E-state index contributed by atoms with van der Waals surface area (Å²) in [6.45, 7) is 4.27. The van der Waals surface area contributed by atoms with Gasteiger partial charge in [-0.3, -0.25) is 14.9 Å². The molecule has 0 spiro atoms. The number of aryl methyl sites for hydroxylation is 2. The molecular weight excluding hydrogens is 368 g/mol. The number of ether oxygens (including phenoxy) is 2. The van der Waals surface area contributed by atoms with Gasteiger partial charge in [-0.05, 0) is 43.2 Å². The molecule has 0 unspecified atom stereocenters. The minimum Gasteiger partial charge on any atom is -0.454 e. The van der Waals surface area contributed by atoms with Crippen LogP contribution >= 0.6 is 0 Å². The fraction of sp³-hybridized carbons (Fsp3) is 0.227. The summed E-state index contributed by atoms with van der Waals surface area (Å²) < 4.78 is 12.3. The summed E-state index contributed by atoms with van der Waals surface area (Å²) in [5, 5.41) is 3.11. The molecule has 3 aromatic heterocycles. The van der Waals surface area contributed by atoms with Gasteiger partial charge in [-0.25, -0.2) is 9.50 Å². The predicted molar refractivity (Wildman–Crippen MR) is 109 cm³/mol. The standard InChI is InChI=1S/C22H20N4O3/c1-3-4-14-5-7-16(23-11-14)21-13(2)25-26-20(27)10-17(24-22(21)26)15-6-8-18-19(9-15)29-12-28-18/h5-11,25H,3-4,12H2,1-2H3. The SMILES string of the molecule is CCCc1ccc(-c2c(C)[nH]n3c(=O)cc(-c4ccc5c(c4)OCO5)nc23)nc1. The van der Waals surface area contributed by atoms with Crippen LogP contribution in [0.15, 0.2) is 47.4 Å². The number of H-pyrrole nitrogens is 1. The summed E-state index contributed by atoms with van der Waals surface area (Å²) in [4.78, 5) is 22.2. The van der Waals surface area contributed by atoms with Crippen LogP contribution < -0.4 is 15.0 Å². The van der Waals surface area contributed by atoms with Crippen molar-refractivity contribution < 1.29 is 9.47 Å². The highest BCUT2D eigenvalue weighted by atomic mass is 16.7. The molecule has 4 aromatic rings. The van der Waals surface area contributed by atoms with Gasteiger partial charge in [0.25, 0.3) is 5.56 Å². The fourth-order valence-electron chi connectivity index (χ4n) is 3.67. The Morgan fingerprint density at radius 1 is 1.10 bits per heavy atom. The van der Waals surface area contributed by atoms with Crippen molar-refractivity contribution in [3.63, 3.8) is 0 Å². The minimum absolute atomic E-state index is 0.181. The van der Waals surface area contributed by atoms with Crippen molar-refractivity contribution in [2.24, 2.45) is 0 Å². The van der Waals surface area contributed by atoms with E-state index in [0.717, 1.165) is 35.4 Å². The van der Waals surface area contributed by atoms with Gasteiger partial charge in [0.2, 0.25) is 6.79 Å². The summed E-state index contributed by atoms with van der Waals surface area (Å²) >= 11 is 0. The number of hydrogen-bond donors (Lipinski definition) is 1. The van der Waals surface area contributed by atoms with Gasteiger partial charge < -0.3 is 9.47 Å². The highest BCUT2D eigenvalue weighted by Crippen LogP contribution is 2.35. The molecule has 4 heterocycles. The lowest BCUT2D eigenvalue weighted by atomic mass is 10.1. The topological polar surface area (TPSA) is 81.5 Å². The van der Waals surface area contributed by atoms with Gasteiger partial charge in [-0.2, -0.15) is 0 Å². The van der Waals surface area contributed by atoms with Gasteiger partial charge in [0.15, 0.2) is 17.1 Å². The number of aromatic amines is 1. The average molecular weight is 388 g/mol. The molecular formula is C22H20N4O3. The van der Waals surface area contributed by atoms with Gasteiger partial charge >= 0.3 is 0 Å². The number of fused-ring (bicyclic) bond motifs is 2. The Hall–Kier alpha value is -3.61. The van der Waals surface area contributed by atoms with E-state index in [1.807, 2.05) is 37.4 Å². The van der Waals surface area contributed by atoms with Crippen molar-refractivity contribution in [1.29, 1.82) is 0 Å². The zero-order valence-electron chi connectivity index (χ0n) is 16.2. The van der Waals surface area contributed by atoms with Crippen LogP contribution in [-0.4, -0.2) is 26.4 Å². The van der Waals surface area contributed by atoms with E-state index in [1.54, 1.807) is 0 Å². The van der Waals surface area contributed by atoms with E-state index in [-0.39, 0.29) is 12.4 Å². The molecule has 1 aromatic carbocycles. The largest absolute Gasteiger partial charge is 0.454 e. The number of aromatic nitrogens is 4. The zero-order valence-corrected chi connectivity index (χ0v) is 16.2. The monoisotopic (exact) mass is 388 g/mol. The Bertz CT molecular complexity index is 1270. The lowest BCUT2D eigenvalue weighted by Crippen LogP contribution is -2.14. The Labute approximate surface area is 166 Å². The first-order chi connectivity index (χ1) is 14.1. The van der Waals surface area contributed by atoms with Crippen LogP contribution in [0.4, 0.5) is 0 Å². The minimum atomic E-state index is -0.181. The molecule has 0 aliphatic carbocycles. The fourth-order valence-corrected chi connectivity index (χ4v) is 3.67. The maximum Gasteiger partial charge on any atom is 0.273 e. The first kappa shape index (κ1) is 17.5. The molecule has 0 amide bonds. The Kier molecular flexibility index (Phi) is 4.08. The maximum atomic E-state index is 12.8. The highest BCUT2D eigenvalue weighted by molar-refractivity contribution is 5.79. The van der Waals surface area contributed by atoms with E-state index in [1.165, 1.54) is 16.1 Å². The third-order valence-corrected chi connectivity index (χ3v) is 5.08. The van der Waals surface area contributed by atoms with Crippen LogP contribution in [0.3, 0.4) is 0 Å². The normalized spacial score (nSPS) is 12.6. The zero-order chi connectivity index (χ0) is 20.0. The Morgan fingerprint density at radius 3 is 2.76 bits per heavy atom. The summed E-state index contributed by atoms with van der Waals surface area (Å²) in [5.74, 6) is 1.35. The maximum absolute atomic E-state index is 12.8. The highest BCUT2D eigenvalue weighted by Gasteiger charge is 2.18. The third kappa shape index (κ3) is 2.95. The molecule has 0 saturated carbocycles. The number of nitrogens with one attached hydrogen (secondary N) is 1. The van der Waals surface area contributed by atoms with E-state index in [4.69, 9.17) is 14.5 Å². The van der Waals surface area contributed by atoms with Crippen LogP contribution in [0.5, 0.6) is 11.5 Å². The van der Waals surface area contributed by atoms with Crippen molar-refractivity contribution in [2.45, 2.75) is 26.7 Å². The summed E-state index contributed by atoms with van der Waals surface area (Å²) in [5.41, 5.74) is 5.40. The van der Waals surface area contributed by atoms with Crippen LogP contribution in [0.1, 0.15) is 24.6 Å². The average Bonchev–Trinajstić information content (AvgIpc) is 3.32. The van der Waals surface area contributed by atoms with Crippen LogP contribution in [-0.2, 0) is 6.42 Å². The predicted octanol–water partition coefficient (Wildman–Crippen LogP) is 3.74. The second kappa shape index (κ2) is 6.77. The molecule has 7 heteroatoms. The van der Waals surface area contributed by atoms with Gasteiger partial charge in [0, 0.05) is 23.5 Å². The molecule has 146 valence electrons. The third-order valence-electron chi connectivity index (χ3n) is 5.08. The summed E-state index contributed by atoms with van der Waals surface area (Å²) in [7, 11) is 0. The van der Waals surface area contributed by atoms with Gasteiger partial charge in [0.1, 0.15) is 0 Å². The first-order valence-corrected chi connectivity index (χ1v) is 9.61. The second-order valence-electron chi connectivity index (χ2n) is 7.12. The number of rotatable bonds is 4. The summed E-state index contributed by atoms with van der Waals surface area (Å²) in [6, 6.07) is 11.1. The smallest absolute Gasteiger partial charge is 0.273 e. The van der Waals surface area contributed by atoms with Crippen molar-refractivity contribution in [3.8, 4) is 34.0 Å². The van der Waals surface area contributed by atoms with Gasteiger partial charge in [0.05, 0.1) is 17.0 Å². The number of nitrogens with zero attached hydrogens (tertiary/aromatic N) is 3. The Balaban J connectivity index is 1.66. The molecule has 0 saturated heterocycles. The van der Waals surface area contributed by atoms with Crippen LogP contribution in [0.25, 0.3) is 28.2 Å². The quantitative estimate of drug-likeness (QED) is 0.576. The molecule has 0 radical (unpaired) electrons. The van der Waals surface area contributed by atoms with E-state index in [0.29, 0.717) is 22.8 Å². The second-order valence-corrected chi connectivity index (χ2v) is 7.12. The van der Waals surface area contributed by atoms with E-state index in [9.17, 15) is 4.79 Å². The molecule has 0 bridgehead atoms. The molecule has 1 aliphatic heterocycles. The molecule has 1 aliphatic rings. The number of benzene rings is 1. The first-order valence-electron chi connectivity index (χ1n) is 9.61. The van der Waals surface area contributed by atoms with Crippen molar-refractivity contribution in [2.75, 3.05) is 6.79 Å².